The Morgan fingerprint density at radius 2 is 1.76 bits per heavy atom. The largest absolute Gasteiger partial charge is 0.337 e. The molecule has 0 aliphatic carbocycles. The van der Waals surface area contributed by atoms with Crippen LogP contribution in [0, 0.1) is 9.54 Å². The van der Waals surface area contributed by atoms with E-state index in [4.69, 9.17) is 40.1 Å². The molecule has 0 aliphatic heterocycles. The Morgan fingerprint density at radius 3 is 2.00 bits per heavy atom. The van der Waals surface area contributed by atoms with E-state index in [2.05, 4.69) is 19.9 Å². The standard InChI is InChI=1S/C5H7BN2S.C4H5BN2S/c1-3(6)4-2-7-5(9)8-4;5-1-3-2-6-4(8)7-3/h2-3H,1H3,(H2,7,8,9);2H,1H2,(H2,6,7,8). The summed E-state index contributed by atoms with van der Waals surface area (Å²) in [6.45, 7) is 1.90. The SMILES string of the molecule is [B]C(C)c1c[nH]c(=S)[nH]1.[B]Cc1c[nH]c(=S)[nH]1. The van der Waals surface area contributed by atoms with Gasteiger partial charge in [-0.1, -0.05) is 6.92 Å². The smallest absolute Gasteiger partial charge is 0.174 e. The third kappa shape index (κ3) is 4.79. The highest BCUT2D eigenvalue weighted by Gasteiger charge is 1.96. The molecule has 4 radical (unpaired) electrons. The van der Waals surface area contributed by atoms with Crippen molar-refractivity contribution in [2.75, 3.05) is 0 Å². The Balaban J connectivity index is 0.000000171. The predicted octanol–water partition coefficient (Wildman–Crippen LogP) is 2.04. The van der Waals surface area contributed by atoms with Crippen LogP contribution in [0.25, 0.3) is 0 Å². The van der Waals surface area contributed by atoms with Gasteiger partial charge in [0.2, 0.25) is 0 Å². The summed E-state index contributed by atoms with van der Waals surface area (Å²) in [7, 11) is 10.8. The fourth-order valence-corrected chi connectivity index (χ4v) is 1.44. The molecule has 0 saturated carbocycles. The second-order valence-corrected chi connectivity index (χ2v) is 4.28. The van der Waals surface area contributed by atoms with Crippen LogP contribution in [0.1, 0.15) is 24.1 Å². The normalized spacial score (nSPS) is 11.6. The Labute approximate surface area is 112 Å². The molecule has 0 fully saturated rings. The molecule has 0 aromatic carbocycles. The number of nitrogens with one attached hydrogen (secondary N) is 4. The molecule has 0 amide bonds. The second kappa shape index (κ2) is 6.66. The van der Waals surface area contributed by atoms with E-state index in [-0.39, 0.29) is 5.82 Å². The first-order valence-electron chi connectivity index (χ1n) is 5.02. The van der Waals surface area contributed by atoms with Gasteiger partial charge in [-0.05, 0) is 36.6 Å². The maximum atomic E-state index is 5.53. The number of aromatic amines is 4. The summed E-state index contributed by atoms with van der Waals surface area (Å²) in [4.78, 5) is 11.4. The fraction of sp³-hybridized carbons (Fsp3) is 0.333. The molecule has 0 saturated heterocycles. The zero-order valence-electron chi connectivity index (χ0n) is 9.41. The van der Waals surface area contributed by atoms with Crippen molar-refractivity contribution in [3.63, 3.8) is 0 Å². The van der Waals surface area contributed by atoms with Crippen molar-refractivity contribution in [1.29, 1.82) is 0 Å². The molecular formula is C9H12B2N4S2. The van der Waals surface area contributed by atoms with Gasteiger partial charge < -0.3 is 19.9 Å². The molecule has 4 nitrogen and oxygen atoms in total. The molecule has 2 aromatic heterocycles. The summed E-state index contributed by atoms with van der Waals surface area (Å²) in [6.07, 6.45) is 4.06. The molecule has 1 atom stereocenters. The lowest BCUT2D eigenvalue weighted by atomic mass is 9.87. The highest BCUT2D eigenvalue weighted by Crippen LogP contribution is 2.04. The van der Waals surface area contributed by atoms with E-state index < -0.39 is 0 Å². The lowest BCUT2D eigenvalue weighted by Crippen LogP contribution is -1.90. The average Bonchev–Trinajstić information content (AvgIpc) is 2.88. The molecule has 4 N–H and O–H groups in total. The molecule has 1 unspecified atom stereocenters. The van der Waals surface area contributed by atoms with Gasteiger partial charge in [0, 0.05) is 23.8 Å². The number of imidazole rings is 2. The van der Waals surface area contributed by atoms with Crippen molar-refractivity contribution in [2.24, 2.45) is 0 Å². The van der Waals surface area contributed by atoms with E-state index in [9.17, 15) is 0 Å². The minimum atomic E-state index is 0.0259. The molecule has 0 aliphatic rings. The van der Waals surface area contributed by atoms with Gasteiger partial charge in [-0.15, -0.1) is 0 Å². The molecule has 2 aromatic rings. The van der Waals surface area contributed by atoms with Gasteiger partial charge in [-0.25, -0.2) is 0 Å². The molecule has 2 rings (SSSR count). The van der Waals surface area contributed by atoms with Gasteiger partial charge in [0.25, 0.3) is 0 Å². The van der Waals surface area contributed by atoms with Crippen molar-refractivity contribution in [3.05, 3.63) is 33.3 Å². The topological polar surface area (TPSA) is 63.2 Å². The molecule has 0 spiro atoms. The van der Waals surface area contributed by atoms with Crippen LogP contribution in [-0.4, -0.2) is 35.6 Å². The van der Waals surface area contributed by atoms with E-state index in [1.165, 1.54) is 0 Å². The number of rotatable bonds is 2. The number of hydrogen-bond acceptors (Lipinski definition) is 2. The number of aromatic nitrogens is 4. The van der Waals surface area contributed by atoms with E-state index in [1.807, 2.05) is 6.92 Å². The Bertz CT molecular complexity index is 551. The monoisotopic (exact) mass is 262 g/mol. The van der Waals surface area contributed by atoms with Crippen molar-refractivity contribution in [2.45, 2.75) is 19.1 Å². The van der Waals surface area contributed by atoms with E-state index in [1.54, 1.807) is 12.4 Å². The predicted molar refractivity (Wildman–Crippen MR) is 75.6 cm³/mol. The molecule has 17 heavy (non-hydrogen) atoms. The minimum Gasteiger partial charge on any atom is -0.337 e. The maximum absolute atomic E-state index is 5.53. The van der Waals surface area contributed by atoms with Gasteiger partial charge in [0.15, 0.2) is 9.54 Å². The van der Waals surface area contributed by atoms with Crippen LogP contribution in [0.2, 0.25) is 0 Å². The number of hydrogen-bond donors (Lipinski definition) is 4. The van der Waals surface area contributed by atoms with Crippen molar-refractivity contribution in [1.82, 2.24) is 19.9 Å². The van der Waals surface area contributed by atoms with Crippen LogP contribution < -0.4 is 0 Å². The molecule has 8 heteroatoms. The van der Waals surface area contributed by atoms with E-state index in [0.717, 1.165) is 11.4 Å². The van der Waals surface area contributed by atoms with Crippen LogP contribution in [-0.2, 0) is 6.32 Å². The first-order chi connectivity index (χ1) is 8.02. The first kappa shape index (κ1) is 14.1. The lowest BCUT2D eigenvalue weighted by molar-refractivity contribution is 1.01. The molecule has 2 heterocycles. The summed E-state index contributed by atoms with van der Waals surface area (Å²) in [5.41, 5.74) is 1.88. The number of H-pyrrole nitrogens is 4. The fourth-order valence-electron chi connectivity index (χ4n) is 1.07. The Kier molecular flexibility index (Phi) is 5.50. The van der Waals surface area contributed by atoms with Crippen LogP contribution in [0.4, 0.5) is 0 Å². The van der Waals surface area contributed by atoms with E-state index >= 15 is 0 Å². The summed E-state index contributed by atoms with van der Waals surface area (Å²) >= 11 is 9.52. The van der Waals surface area contributed by atoms with Gasteiger partial charge in [-0.3, -0.25) is 0 Å². The van der Waals surface area contributed by atoms with Gasteiger partial charge in [0.1, 0.15) is 0 Å². The molecule has 86 valence electrons. The second-order valence-electron chi connectivity index (χ2n) is 3.46. The summed E-state index contributed by atoms with van der Waals surface area (Å²) in [5, 5.41) is 0. The Morgan fingerprint density at radius 1 is 1.18 bits per heavy atom. The third-order valence-corrected chi connectivity index (χ3v) is 2.42. The zero-order chi connectivity index (χ0) is 12.8. The summed E-state index contributed by atoms with van der Waals surface area (Å²) < 4.78 is 1.26. The summed E-state index contributed by atoms with van der Waals surface area (Å²) in [5.74, 6) is 0.0259. The quantitative estimate of drug-likeness (QED) is 0.494. The van der Waals surface area contributed by atoms with Crippen molar-refractivity contribution in [3.8, 4) is 0 Å². The maximum Gasteiger partial charge on any atom is 0.174 e. The van der Waals surface area contributed by atoms with Gasteiger partial charge in [-0.2, -0.15) is 0 Å². The van der Waals surface area contributed by atoms with Crippen LogP contribution in [0.3, 0.4) is 0 Å². The van der Waals surface area contributed by atoms with Gasteiger partial charge >= 0.3 is 0 Å². The average molecular weight is 262 g/mol. The minimum absolute atomic E-state index is 0.0259. The summed E-state index contributed by atoms with van der Waals surface area (Å²) in [6, 6.07) is 0. The zero-order valence-corrected chi connectivity index (χ0v) is 11.0. The lowest BCUT2D eigenvalue weighted by Gasteiger charge is -1.96. The molecule has 0 bridgehead atoms. The highest BCUT2D eigenvalue weighted by molar-refractivity contribution is 7.71. The van der Waals surface area contributed by atoms with E-state index in [0.29, 0.717) is 15.9 Å². The molecular weight excluding hydrogens is 250 g/mol. The third-order valence-electron chi connectivity index (χ3n) is 1.98. The Hall–Kier alpha value is -1.01. The van der Waals surface area contributed by atoms with Crippen LogP contribution >= 0.6 is 24.4 Å². The highest BCUT2D eigenvalue weighted by atomic mass is 32.1. The van der Waals surface area contributed by atoms with Crippen molar-refractivity contribution < 1.29 is 0 Å². The van der Waals surface area contributed by atoms with Crippen molar-refractivity contribution >= 4 is 40.1 Å². The van der Waals surface area contributed by atoms with Crippen LogP contribution in [0.15, 0.2) is 12.4 Å². The van der Waals surface area contributed by atoms with Gasteiger partial charge in [0.05, 0.1) is 15.7 Å². The first-order valence-corrected chi connectivity index (χ1v) is 5.84. The van der Waals surface area contributed by atoms with Crippen LogP contribution in [0.5, 0.6) is 0 Å².